The molecule has 0 heterocycles. The Morgan fingerprint density at radius 2 is 1.40 bits per heavy atom. The fraction of sp³-hybridized carbons (Fsp3) is 0.107. The molecule has 4 rings (SSSR count). The van der Waals surface area contributed by atoms with Crippen LogP contribution < -0.4 is 9.47 Å². The molecule has 0 aliphatic rings. The van der Waals surface area contributed by atoms with Gasteiger partial charge in [0.2, 0.25) is 6.29 Å². The quantitative estimate of drug-likeness (QED) is 0.193. The van der Waals surface area contributed by atoms with Gasteiger partial charge in [0.05, 0.1) is 11.1 Å². The van der Waals surface area contributed by atoms with E-state index in [1.54, 1.807) is 36.4 Å². The van der Waals surface area contributed by atoms with Crippen LogP contribution in [0.15, 0.2) is 84.9 Å². The number of rotatable bonds is 7. The molecule has 4 aromatic carbocycles. The molecule has 1 atom stereocenters. The Labute approximate surface area is 200 Å². The second-order valence-electron chi connectivity index (χ2n) is 7.97. The molecule has 1 unspecified atom stereocenters. The number of halogens is 3. The van der Waals surface area contributed by atoms with E-state index < -0.39 is 29.7 Å². The molecule has 0 fully saturated rings. The standard InChI is InChI=1S/C28H21F3O4/c1-17-2-8-21(9-3-17)34-27(32)23-12-4-18(15-25(23)30)14-19-5-13-24(26(31)16-19)28(33)35-22-10-6-20(29)7-11-22/h2-13,15-16,28,33H,14H2,1H3. The van der Waals surface area contributed by atoms with E-state index in [1.807, 2.05) is 6.92 Å². The van der Waals surface area contributed by atoms with Crippen molar-refractivity contribution in [1.29, 1.82) is 0 Å². The third kappa shape index (κ3) is 6.07. The second kappa shape index (κ2) is 10.4. The average molecular weight is 478 g/mol. The summed E-state index contributed by atoms with van der Waals surface area (Å²) in [4.78, 5) is 12.3. The smallest absolute Gasteiger partial charge is 0.346 e. The fourth-order valence-corrected chi connectivity index (χ4v) is 3.42. The Morgan fingerprint density at radius 1 is 0.800 bits per heavy atom. The number of esters is 1. The Bertz CT molecular complexity index is 1340. The Balaban J connectivity index is 1.42. The van der Waals surface area contributed by atoms with E-state index in [-0.39, 0.29) is 23.3 Å². The molecule has 0 bridgehead atoms. The predicted molar refractivity (Wildman–Crippen MR) is 124 cm³/mol. The third-order valence-electron chi connectivity index (χ3n) is 5.29. The Hall–Kier alpha value is -4.10. The summed E-state index contributed by atoms with van der Waals surface area (Å²) < 4.78 is 52.7. The van der Waals surface area contributed by atoms with E-state index in [0.717, 1.165) is 17.7 Å². The van der Waals surface area contributed by atoms with Gasteiger partial charge in [-0.15, -0.1) is 0 Å². The van der Waals surface area contributed by atoms with Crippen LogP contribution in [0.1, 0.15) is 38.9 Å². The minimum absolute atomic E-state index is 0.0987. The van der Waals surface area contributed by atoms with Crippen molar-refractivity contribution in [3.05, 3.63) is 130 Å². The summed E-state index contributed by atoms with van der Waals surface area (Å²) in [7, 11) is 0. The van der Waals surface area contributed by atoms with Gasteiger partial charge in [-0.3, -0.25) is 0 Å². The van der Waals surface area contributed by atoms with Crippen molar-refractivity contribution in [2.24, 2.45) is 0 Å². The minimum atomic E-state index is -1.59. The highest BCUT2D eigenvalue weighted by Gasteiger charge is 2.17. The molecule has 0 amide bonds. The summed E-state index contributed by atoms with van der Waals surface area (Å²) >= 11 is 0. The largest absolute Gasteiger partial charge is 0.461 e. The number of aliphatic hydroxyl groups is 1. The Morgan fingerprint density at radius 3 is 2.03 bits per heavy atom. The normalized spacial score (nSPS) is 11.7. The lowest BCUT2D eigenvalue weighted by atomic mass is 10.0. The van der Waals surface area contributed by atoms with Crippen LogP contribution in [-0.2, 0) is 6.42 Å². The van der Waals surface area contributed by atoms with Crippen molar-refractivity contribution in [2.45, 2.75) is 19.6 Å². The minimum Gasteiger partial charge on any atom is -0.461 e. The lowest BCUT2D eigenvalue weighted by Gasteiger charge is -2.15. The average Bonchev–Trinajstić information content (AvgIpc) is 2.82. The maximum absolute atomic E-state index is 14.6. The van der Waals surface area contributed by atoms with Crippen LogP contribution in [0.25, 0.3) is 0 Å². The summed E-state index contributed by atoms with van der Waals surface area (Å²) in [6.45, 7) is 1.90. The van der Waals surface area contributed by atoms with Crippen molar-refractivity contribution in [3.63, 3.8) is 0 Å². The van der Waals surface area contributed by atoms with Crippen LogP contribution in [0.5, 0.6) is 11.5 Å². The summed E-state index contributed by atoms with van der Waals surface area (Å²) in [5.41, 5.74) is 1.73. The number of carbonyl (C=O) groups is 1. The van der Waals surface area contributed by atoms with Crippen molar-refractivity contribution in [2.75, 3.05) is 0 Å². The third-order valence-corrected chi connectivity index (χ3v) is 5.29. The van der Waals surface area contributed by atoms with Gasteiger partial charge >= 0.3 is 5.97 Å². The first-order chi connectivity index (χ1) is 16.8. The zero-order valence-electron chi connectivity index (χ0n) is 18.7. The van der Waals surface area contributed by atoms with Crippen molar-refractivity contribution in [1.82, 2.24) is 0 Å². The van der Waals surface area contributed by atoms with E-state index in [4.69, 9.17) is 9.47 Å². The molecule has 0 saturated heterocycles. The topological polar surface area (TPSA) is 55.8 Å². The predicted octanol–water partition coefficient (Wildman–Crippen LogP) is 6.29. The monoisotopic (exact) mass is 478 g/mol. The second-order valence-corrected chi connectivity index (χ2v) is 7.97. The molecular weight excluding hydrogens is 457 g/mol. The zero-order valence-corrected chi connectivity index (χ0v) is 18.7. The molecule has 7 heteroatoms. The molecule has 0 aliphatic carbocycles. The van der Waals surface area contributed by atoms with Crippen LogP contribution in [0, 0.1) is 24.4 Å². The first kappa shape index (κ1) is 24.0. The molecule has 4 aromatic rings. The van der Waals surface area contributed by atoms with E-state index in [2.05, 4.69) is 0 Å². The van der Waals surface area contributed by atoms with Gasteiger partial charge in [-0.1, -0.05) is 29.8 Å². The van der Waals surface area contributed by atoms with Crippen LogP contribution in [0.4, 0.5) is 13.2 Å². The van der Waals surface area contributed by atoms with E-state index in [9.17, 15) is 23.1 Å². The van der Waals surface area contributed by atoms with Crippen molar-refractivity contribution < 1.29 is 32.5 Å². The lowest BCUT2D eigenvalue weighted by molar-refractivity contribution is -0.0220. The maximum Gasteiger partial charge on any atom is 0.346 e. The molecule has 178 valence electrons. The molecule has 4 nitrogen and oxygen atoms in total. The molecule has 0 radical (unpaired) electrons. The highest BCUT2D eigenvalue weighted by atomic mass is 19.1. The zero-order chi connectivity index (χ0) is 24.9. The molecule has 1 N–H and O–H groups in total. The molecule has 0 aliphatic heterocycles. The molecule has 0 spiro atoms. The van der Waals surface area contributed by atoms with Crippen molar-refractivity contribution in [3.8, 4) is 11.5 Å². The number of carbonyl (C=O) groups excluding carboxylic acids is 1. The van der Waals surface area contributed by atoms with Crippen LogP contribution in [-0.4, -0.2) is 11.1 Å². The van der Waals surface area contributed by atoms with Gasteiger partial charge in [0, 0.05) is 0 Å². The van der Waals surface area contributed by atoms with Gasteiger partial charge in [-0.05, 0) is 85.1 Å². The van der Waals surface area contributed by atoms with Crippen LogP contribution in [0.2, 0.25) is 0 Å². The molecule has 0 aromatic heterocycles. The number of hydrogen-bond acceptors (Lipinski definition) is 4. The number of hydrogen-bond donors (Lipinski definition) is 1. The summed E-state index contributed by atoms with van der Waals surface area (Å²) in [5, 5.41) is 10.2. The lowest BCUT2D eigenvalue weighted by Crippen LogP contribution is -2.11. The summed E-state index contributed by atoms with van der Waals surface area (Å²) in [6.07, 6.45) is -1.40. The van der Waals surface area contributed by atoms with E-state index in [0.29, 0.717) is 16.9 Å². The van der Waals surface area contributed by atoms with Gasteiger partial charge in [0.25, 0.3) is 0 Å². The van der Waals surface area contributed by atoms with Gasteiger partial charge < -0.3 is 14.6 Å². The van der Waals surface area contributed by atoms with Gasteiger partial charge in [-0.2, -0.15) is 0 Å². The molecular formula is C28H21F3O4. The summed E-state index contributed by atoms with van der Waals surface area (Å²) in [6, 6.07) is 20.0. The SMILES string of the molecule is Cc1ccc(OC(=O)c2ccc(Cc3ccc(C(O)Oc4ccc(F)cc4)c(F)c3)cc2F)cc1. The molecule has 0 saturated carbocycles. The number of benzene rings is 4. The highest BCUT2D eigenvalue weighted by molar-refractivity contribution is 5.91. The maximum atomic E-state index is 14.6. The number of ether oxygens (including phenoxy) is 2. The molecule has 35 heavy (non-hydrogen) atoms. The highest BCUT2D eigenvalue weighted by Crippen LogP contribution is 2.24. The first-order valence-corrected chi connectivity index (χ1v) is 10.7. The van der Waals surface area contributed by atoms with E-state index in [1.165, 1.54) is 36.4 Å². The van der Waals surface area contributed by atoms with Gasteiger partial charge in [0.1, 0.15) is 29.0 Å². The van der Waals surface area contributed by atoms with E-state index >= 15 is 0 Å². The Kier molecular flexibility index (Phi) is 7.17. The number of aliphatic hydroxyl groups excluding tert-OH is 1. The summed E-state index contributed by atoms with van der Waals surface area (Å²) in [5.74, 6) is -2.25. The van der Waals surface area contributed by atoms with Crippen LogP contribution in [0.3, 0.4) is 0 Å². The number of aryl methyl sites for hydroxylation is 1. The van der Waals surface area contributed by atoms with Crippen molar-refractivity contribution >= 4 is 5.97 Å². The van der Waals surface area contributed by atoms with Gasteiger partial charge in [0.15, 0.2) is 0 Å². The fourth-order valence-electron chi connectivity index (χ4n) is 3.42. The van der Waals surface area contributed by atoms with Crippen LogP contribution >= 0.6 is 0 Å². The first-order valence-electron chi connectivity index (χ1n) is 10.7. The van der Waals surface area contributed by atoms with Gasteiger partial charge in [-0.25, -0.2) is 18.0 Å².